The number of nitrogens with two attached hydrogens (primary N) is 1. The number of aliphatic hydroxyl groups excluding tert-OH is 1. The molecule has 0 radical (unpaired) electrons. The van der Waals surface area contributed by atoms with E-state index in [0.717, 1.165) is 17.4 Å². The fourth-order valence-electron chi connectivity index (χ4n) is 3.65. The highest BCUT2D eigenvalue weighted by Crippen LogP contribution is 2.31. The van der Waals surface area contributed by atoms with Crippen molar-refractivity contribution in [1.29, 1.82) is 0 Å². The number of halogens is 1. The summed E-state index contributed by atoms with van der Waals surface area (Å²) >= 11 is 0. The molecular formula is C25H24FN6O2+. The lowest BCUT2D eigenvalue weighted by Crippen LogP contribution is -2.43. The fourth-order valence-corrected chi connectivity index (χ4v) is 3.65. The van der Waals surface area contributed by atoms with Crippen LogP contribution in [0.5, 0.6) is 0 Å². The second-order valence-corrected chi connectivity index (χ2v) is 7.31. The van der Waals surface area contributed by atoms with E-state index in [4.69, 9.17) is 20.5 Å². The average Bonchev–Trinajstić information content (AvgIpc) is 3.23. The second-order valence-electron chi connectivity index (χ2n) is 7.31. The van der Waals surface area contributed by atoms with Crippen LogP contribution in [0.25, 0.3) is 39.6 Å². The highest BCUT2D eigenvalue weighted by molar-refractivity contribution is 5.83. The van der Waals surface area contributed by atoms with Crippen LogP contribution >= 0.6 is 0 Å². The van der Waals surface area contributed by atoms with E-state index >= 15 is 0 Å². The van der Waals surface area contributed by atoms with Gasteiger partial charge >= 0.3 is 5.82 Å². The number of hydrogen-bond acceptors (Lipinski definition) is 6. The smallest absolute Gasteiger partial charge is 0.323 e. The third kappa shape index (κ3) is 3.93. The van der Waals surface area contributed by atoms with Crippen molar-refractivity contribution in [3.8, 4) is 28.5 Å². The largest absolute Gasteiger partial charge is 0.392 e. The zero-order valence-electron chi connectivity index (χ0n) is 17.7. The summed E-state index contributed by atoms with van der Waals surface area (Å²) in [4.78, 5) is 19.1. The summed E-state index contributed by atoms with van der Waals surface area (Å²) in [7, 11) is 1.53. The number of anilines is 1. The van der Waals surface area contributed by atoms with Crippen molar-refractivity contribution in [3.05, 3.63) is 84.4 Å². The predicted molar refractivity (Wildman–Crippen MR) is 127 cm³/mol. The summed E-state index contributed by atoms with van der Waals surface area (Å²) in [5, 5.41) is 9.44. The summed E-state index contributed by atoms with van der Waals surface area (Å²) in [6, 6.07) is 17.7. The third-order valence-electron chi connectivity index (χ3n) is 5.31. The van der Waals surface area contributed by atoms with E-state index in [-0.39, 0.29) is 14.0 Å². The van der Waals surface area contributed by atoms with E-state index in [1.807, 2.05) is 47.0 Å². The van der Waals surface area contributed by atoms with Crippen molar-refractivity contribution in [2.24, 2.45) is 0 Å². The van der Waals surface area contributed by atoms with Gasteiger partial charge in [-0.2, -0.15) is 0 Å². The number of imidazole rings is 1. The van der Waals surface area contributed by atoms with E-state index in [2.05, 4.69) is 4.98 Å². The van der Waals surface area contributed by atoms with Crippen molar-refractivity contribution in [2.45, 2.75) is 14.0 Å². The molecule has 0 saturated heterocycles. The number of fused-ring (bicyclic) bond motifs is 1. The molecule has 4 aromatic heterocycles. The monoisotopic (exact) mass is 459 g/mol. The van der Waals surface area contributed by atoms with Gasteiger partial charge in [-0.15, -0.1) is 0 Å². The Morgan fingerprint density at radius 1 is 1.03 bits per heavy atom. The molecule has 0 bridgehead atoms. The van der Waals surface area contributed by atoms with E-state index in [9.17, 15) is 9.50 Å². The van der Waals surface area contributed by atoms with Gasteiger partial charge in [-0.1, -0.05) is 19.6 Å². The minimum atomic E-state index is -0.415. The van der Waals surface area contributed by atoms with Gasteiger partial charge in [-0.05, 0) is 58.8 Å². The second kappa shape index (κ2) is 9.24. The van der Waals surface area contributed by atoms with Gasteiger partial charge in [0.25, 0.3) is 0 Å². The van der Waals surface area contributed by atoms with Crippen molar-refractivity contribution in [1.82, 2.24) is 19.5 Å². The zero-order chi connectivity index (χ0) is 22.9. The Morgan fingerprint density at radius 3 is 2.47 bits per heavy atom. The summed E-state index contributed by atoms with van der Waals surface area (Å²) in [5.41, 5.74) is 10.9. The standard InChI is InChI=1S/C24H19FN6O2.CH4/c1-33-30-12-2-3-18(22(30)26)23-29-21-11-10-20(19-9-6-16(25)13-27-19)28-24(21)31(23)17-7-4-15(14-32)5-8-17;/h2-13,26,32H,14H2,1H3;1H4/p+1. The minimum Gasteiger partial charge on any atom is -0.392 e. The first-order chi connectivity index (χ1) is 16.1. The molecule has 4 heterocycles. The normalized spacial score (nSPS) is 10.8. The van der Waals surface area contributed by atoms with Crippen LogP contribution in [0.2, 0.25) is 0 Å². The van der Waals surface area contributed by atoms with Crippen LogP contribution in [-0.2, 0) is 6.61 Å². The Balaban J connectivity index is 0.00000274. The maximum atomic E-state index is 13.4. The summed E-state index contributed by atoms with van der Waals surface area (Å²) < 4.78 is 16.7. The first-order valence-electron chi connectivity index (χ1n) is 10.2. The van der Waals surface area contributed by atoms with Gasteiger partial charge in [0.05, 0.1) is 24.2 Å². The molecule has 3 N–H and O–H groups in total. The highest BCUT2D eigenvalue weighted by Gasteiger charge is 2.22. The molecule has 1 aromatic carbocycles. The lowest BCUT2D eigenvalue weighted by atomic mass is 10.2. The maximum absolute atomic E-state index is 13.4. The number of nitrogens with zero attached hydrogens (tertiary/aromatic N) is 5. The Labute approximate surface area is 195 Å². The van der Waals surface area contributed by atoms with Crippen LogP contribution < -0.4 is 15.3 Å². The molecular weight excluding hydrogens is 435 g/mol. The first-order valence-corrected chi connectivity index (χ1v) is 10.2. The molecule has 0 spiro atoms. The Kier molecular flexibility index (Phi) is 6.20. The molecule has 172 valence electrons. The quantitative estimate of drug-likeness (QED) is 0.391. The summed E-state index contributed by atoms with van der Waals surface area (Å²) in [6.45, 7) is -0.0596. The van der Waals surface area contributed by atoms with Crippen molar-refractivity contribution < 1.29 is 19.1 Å². The van der Waals surface area contributed by atoms with E-state index in [1.165, 1.54) is 17.9 Å². The van der Waals surface area contributed by atoms with Crippen molar-refractivity contribution in [3.63, 3.8) is 0 Å². The average molecular weight is 460 g/mol. The van der Waals surface area contributed by atoms with E-state index in [1.54, 1.807) is 18.3 Å². The predicted octanol–water partition coefficient (Wildman–Crippen LogP) is 3.35. The number of hydrogen-bond donors (Lipinski definition) is 2. The number of aromatic nitrogens is 5. The Bertz CT molecular complexity index is 1450. The molecule has 9 heteroatoms. The van der Waals surface area contributed by atoms with Gasteiger partial charge in [0.1, 0.15) is 30.2 Å². The molecule has 0 fully saturated rings. The van der Waals surface area contributed by atoms with Gasteiger partial charge in [0.2, 0.25) is 0 Å². The Morgan fingerprint density at radius 2 is 1.79 bits per heavy atom. The van der Waals surface area contributed by atoms with Crippen molar-refractivity contribution in [2.75, 3.05) is 12.8 Å². The molecule has 0 unspecified atom stereocenters. The van der Waals surface area contributed by atoms with Gasteiger partial charge in [-0.25, -0.2) is 14.4 Å². The molecule has 5 aromatic rings. The van der Waals surface area contributed by atoms with Gasteiger partial charge in [0, 0.05) is 5.69 Å². The van der Waals surface area contributed by atoms with Crippen LogP contribution in [-0.4, -0.2) is 31.7 Å². The highest BCUT2D eigenvalue weighted by atomic mass is 19.1. The van der Waals surface area contributed by atoms with Gasteiger partial charge in [-0.3, -0.25) is 15.3 Å². The van der Waals surface area contributed by atoms with Gasteiger partial charge < -0.3 is 9.94 Å². The number of aliphatic hydroxyl groups is 1. The fraction of sp³-hybridized carbons (Fsp3) is 0.120. The van der Waals surface area contributed by atoms with Gasteiger partial charge in [0.15, 0.2) is 11.5 Å². The van der Waals surface area contributed by atoms with Crippen molar-refractivity contribution >= 4 is 17.0 Å². The molecule has 8 nitrogen and oxygen atoms in total. The van der Waals surface area contributed by atoms with Crippen LogP contribution in [0.4, 0.5) is 10.2 Å². The van der Waals surface area contributed by atoms with Crippen LogP contribution in [0.1, 0.15) is 13.0 Å². The SMILES string of the molecule is C.CO[n+]1cccc(-c2nc3ccc(-c4ccc(F)cn4)nc3n2-c2ccc(CO)cc2)c1N. The van der Waals surface area contributed by atoms with Crippen LogP contribution in [0.15, 0.2) is 73.1 Å². The lowest BCUT2D eigenvalue weighted by molar-refractivity contribution is -0.873. The summed E-state index contributed by atoms with van der Waals surface area (Å²) in [5.74, 6) is 0.536. The molecule has 5 rings (SSSR count). The maximum Gasteiger partial charge on any atom is 0.323 e. The molecule has 34 heavy (non-hydrogen) atoms. The molecule has 0 atom stereocenters. The van der Waals surface area contributed by atoms with Crippen LogP contribution in [0.3, 0.4) is 0 Å². The molecule has 0 aliphatic carbocycles. The molecule has 0 saturated carbocycles. The third-order valence-corrected chi connectivity index (χ3v) is 5.31. The number of benzene rings is 1. The van der Waals surface area contributed by atoms with E-state index in [0.29, 0.717) is 39.8 Å². The Hall–Kier alpha value is -4.37. The first kappa shape index (κ1) is 22.8. The topological polar surface area (TPSA) is 103 Å². The zero-order valence-corrected chi connectivity index (χ0v) is 17.7. The molecule has 0 amide bonds. The molecule has 0 aliphatic heterocycles. The van der Waals surface area contributed by atoms with E-state index < -0.39 is 5.82 Å². The number of rotatable bonds is 5. The minimum absolute atomic E-state index is 0. The number of pyridine rings is 3. The van der Waals surface area contributed by atoms with Crippen LogP contribution in [0, 0.1) is 5.82 Å². The molecule has 0 aliphatic rings. The summed E-state index contributed by atoms with van der Waals surface area (Å²) in [6.07, 6.45) is 2.87. The lowest BCUT2D eigenvalue weighted by Gasteiger charge is -2.11. The number of nitrogen functional groups attached to an aromatic ring is 1.